The molecule has 1 heterocycles. The van der Waals surface area contributed by atoms with Crippen molar-refractivity contribution in [1.29, 1.82) is 0 Å². The van der Waals surface area contributed by atoms with Gasteiger partial charge < -0.3 is 0 Å². The predicted octanol–water partition coefficient (Wildman–Crippen LogP) is 2.66. The van der Waals surface area contributed by atoms with E-state index < -0.39 is 0 Å². The third kappa shape index (κ3) is 1.06. The first-order valence-electron chi connectivity index (χ1n) is 4.24. The van der Waals surface area contributed by atoms with Crippen LogP contribution in [0.5, 0.6) is 0 Å². The molecule has 0 amide bonds. The Morgan fingerprint density at radius 1 is 1.50 bits per heavy atom. The van der Waals surface area contributed by atoms with Gasteiger partial charge in [0.05, 0.1) is 0 Å². The molecule has 1 fully saturated rings. The Labute approximate surface area is 69.2 Å². The monoisotopic (exact) mass is 202 g/mol. The Morgan fingerprint density at radius 3 is 2.90 bits per heavy atom. The third-order valence-electron chi connectivity index (χ3n) is 2.48. The molecule has 0 N–H and O–H groups in total. The number of fused-ring (bicyclic) bond motifs is 2. The van der Waals surface area contributed by atoms with Crippen LogP contribution >= 0.6 is 0 Å². The van der Waals surface area contributed by atoms with Gasteiger partial charge in [-0.1, -0.05) is 0 Å². The minimum atomic E-state index is 0.968. The molecule has 0 aromatic heterocycles. The summed E-state index contributed by atoms with van der Waals surface area (Å²) in [6.07, 6.45) is 9.31. The van der Waals surface area contributed by atoms with Gasteiger partial charge >= 0.3 is 68.8 Å². The Kier molecular flexibility index (Phi) is 1.88. The Balaban J connectivity index is 1.96. The van der Waals surface area contributed by atoms with Crippen LogP contribution in [-0.4, -0.2) is 15.0 Å². The Bertz CT molecular complexity index is 151. The van der Waals surface area contributed by atoms with Crippen molar-refractivity contribution >= 4 is 15.0 Å². The molecule has 1 aliphatic heterocycles. The van der Waals surface area contributed by atoms with Gasteiger partial charge in [-0.3, -0.25) is 0 Å². The van der Waals surface area contributed by atoms with E-state index in [1.165, 1.54) is 19.3 Å². The fourth-order valence-electron chi connectivity index (χ4n) is 1.96. The first kappa shape index (κ1) is 6.94. The molecular weight excluding hydrogens is 187 g/mol. The van der Waals surface area contributed by atoms with E-state index in [4.69, 9.17) is 0 Å². The fourth-order valence-corrected chi connectivity index (χ4v) is 5.61. The van der Waals surface area contributed by atoms with Gasteiger partial charge in [-0.2, -0.15) is 0 Å². The molecule has 2 rings (SSSR count). The molecule has 2 aliphatic rings. The summed E-state index contributed by atoms with van der Waals surface area (Å²) in [5, 5.41) is 0. The van der Waals surface area contributed by atoms with Crippen molar-refractivity contribution in [3.63, 3.8) is 0 Å². The summed E-state index contributed by atoms with van der Waals surface area (Å²) in [4.78, 5) is 2.15. The van der Waals surface area contributed by atoms with Gasteiger partial charge in [0.15, 0.2) is 0 Å². The zero-order chi connectivity index (χ0) is 6.97. The summed E-state index contributed by atoms with van der Waals surface area (Å²) in [6.45, 7) is 2.31. The molecule has 0 saturated carbocycles. The number of hydrogen-bond acceptors (Lipinski definition) is 0. The summed E-state index contributed by atoms with van der Waals surface area (Å²) >= 11 is 0.968. The van der Waals surface area contributed by atoms with Crippen LogP contribution in [0.4, 0.5) is 0 Å². The number of rotatable bonds is 2. The number of allylic oxidation sites excluding steroid dienone is 2. The van der Waals surface area contributed by atoms with Crippen molar-refractivity contribution in [2.24, 2.45) is 5.92 Å². The van der Waals surface area contributed by atoms with Gasteiger partial charge in [0.25, 0.3) is 0 Å². The first-order valence-corrected chi connectivity index (χ1v) is 6.21. The second-order valence-electron chi connectivity index (χ2n) is 3.29. The van der Waals surface area contributed by atoms with Crippen LogP contribution in [-0.2, 0) is 0 Å². The average molecular weight is 201 g/mol. The topological polar surface area (TPSA) is 0 Å². The summed E-state index contributed by atoms with van der Waals surface area (Å²) in [6, 6.07) is 0. The van der Waals surface area contributed by atoms with Crippen molar-refractivity contribution in [2.75, 3.05) is 0 Å². The molecule has 1 aliphatic carbocycles. The van der Waals surface area contributed by atoms with Crippen molar-refractivity contribution in [3.05, 3.63) is 12.2 Å². The summed E-state index contributed by atoms with van der Waals surface area (Å²) < 4.78 is 0. The predicted molar refractivity (Wildman–Crippen MR) is 45.4 cm³/mol. The van der Waals surface area contributed by atoms with Gasteiger partial charge in [0.1, 0.15) is 0 Å². The molecule has 0 nitrogen and oxygen atoms in total. The Hall–Kier alpha value is 0.259. The van der Waals surface area contributed by atoms with Crippen molar-refractivity contribution in [2.45, 2.75) is 35.8 Å². The molecular formula is C9H14Se. The Morgan fingerprint density at radius 2 is 2.40 bits per heavy atom. The van der Waals surface area contributed by atoms with Crippen LogP contribution < -0.4 is 0 Å². The van der Waals surface area contributed by atoms with Crippen molar-refractivity contribution in [3.8, 4) is 0 Å². The summed E-state index contributed by atoms with van der Waals surface area (Å²) in [7, 11) is 0. The van der Waals surface area contributed by atoms with Crippen LogP contribution in [0.3, 0.4) is 0 Å². The van der Waals surface area contributed by atoms with E-state index in [0.29, 0.717) is 0 Å². The van der Waals surface area contributed by atoms with E-state index in [0.717, 1.165) is 30.5 Å². The molecule has 1 saturated heterocycles. The zero-order valence-electron chi connectivity index (χ0n) is 6.42. The molecule has 1 heteroatoms. The van der Waals surface area contributed by atoms with E-state index in [9.17, 15) is 0 Å². The van der Waals surface area contributed by atoms with E-state index in [1.54, 1.807) is 0 Å². The maximum atomic E-state index is 2.47. The first-order chi connectivity index (χ1) is 4.90. The maximum absolute atomic E-state index is 2.47. The van der Waals surface area contributed by atoms with E-state index in [2.05, 4.69) is 19.1 Å². The minimum absolute atomic E-state index is 0.968. The molecule has 0 spiro atoms. The van der Waals surface area contributed by atoms with Gasteiger partial charge in [0, 0.05) is 0 Å². The van der Waals surface area contributed by atoms with Crippen molar-refractivity contribution < 1.29 is 0 Å². The van der Waals surface area contributed by atoms with Crippen LogP contribution in [0.1, 0.15) is 26.2 Å². The molecule has 0 aromatic carbocycles. The van der Waals surface area contributed by atoms with E-state index in [1.807, 2.05) is 0 Å². The molecule has 2 bridgehead atoms. The molecule has 0 radical (unpaired) electrons. The second kappa shape index (κ2) is 2.71. The zero-order valence-corrected chi connectivity index (χ0v) is 8.13. The number of hydrogen-bond donors (Lipinski definition) is 0. The van der Waals surface area contributed by atoms with Gasteiger partial charge in [-0.05, 0) is 0 Å². The van der Waals surface area contributed by atoms with Gasteiger partial charge in [-0.15, -0.1) is 0 Å². The standard InChI is InChI=1S/C9H14Se/c1-2-3-9-7-4-5-8(6-7)10-9/h4-5,7-9H,2-3,6H2,1H3/t7?,8?,9-/m0/s1. The molecule has 0 aromatic rings. The average Bonchev–Trinajstić information content (AvgIpc) is 2.48. The summed E-state index contributed by atoms with van der Waals surface area (Å²) in [5.74, 6) is 1.00. The van der Waals surface area contributed by atoms with E-state index >= 15 is 0 Å². The normalized spacial score (nSPS) is 43.1. The van der Waals surface area contributed by atoms with Crippen LogP contribution in [0.15, 0.2) is 12.2 Å². The molecule has 10 heavy (non-hydrogen) atoms. The third-order valence-corrected chi connectivity index (χ3v) is 5.91. The summed E-state index contributed by atoms with van der Waals surface area (Å²) in [5.41, 5.74) is 0. The second-order valence-corrected chi connectivity index (χ2v) is 6.40. The van der Waals surface area contributed by atoms with Crippen molar-refractivity contribution in [1.82, 2.24) is 0 Å². The van der Waals surface area contributed by atoms with Gasteiger partial charge in [0.2, 0.25) is 0 Å². The SMILES string of the molecule is CCC[C@@H]1[Se]C2C=CC1C2. The fraction of sp³-hybridized carbons (Fsp3) is 0.778. The van der Waals surface area contributed by atoms with Crippen LogP contribution in [0.2, 0.25) is 9.63 Å². The van der Waals surface area contributed by atoms with Gasteiger partial charge in [-0.25, -0.2) is 0 Å². The quantitative estimate of drug-likeness (QED) is 0.476. The molecule has 3 atom stereocenters. The van der Waals surface area contributed by atoms with Crippen LogP contribution in [0.25, 0.3) is 0 Å². The molecule has 56 valence electrons. The van der Waals surface area contributed by atoms with E-state index in [-0.39, 0.29) is 0 Å². The molecule has 2 unspecified atom stereocenters. The van der Waals surface area contributed by atoms with Crippen LogP contribution in [0, 0.1) is 5.92 Å².